The quantitative estimate of drug-likeness (QED) is 0.899. The molecule has 3 aliphatic carbocycles. The maximum Gasteiger partial charge on any atom is 0.230 e. The van der Waals surface area contributed by atoms with Crippen molar-refractivity contribution >= 4 is 5.91 Å². The molecule has 1 heterocycles. The van der Waals surface area contributed by atoms with E-state index in [-0.39, 0.29) is 17.4 Å². The molecule has 1 amide bonds. The van der Waals surface area contributed by atoms with E-state index in [1.807, 2.05) is 39.1 Å². The molecule has 0 radical (unpaired) electrons. The van der Waals surface area contributed by atoms with Gasteiger partial charge in [-0.3, -0.25) is 9.89 Å². The number of fused-ring (bicyclic) bond motifs is 1. The predicted octanol–water partition coefficient (Wildman–Crippen LogP) is 3.53. The lowest BCUT2D eigenvalue weighted by Gasteiger charge is -2.36. The molecule has 26 heavy (non-hydrogen) atoms. The average Bonchev–Trinajstić information content (AvgIpc) is 3.30. The smallest absolute Gasteiger partial charge is 0.230 e. The van der Waals surface area contributed by atoms with Gasteiger partial charge in [0.25, 0.3) is 0 Å². The number of rotatable bonds is 4. The maximum atomic E-state index is 13.3. The number of aromatic nitrogens is 2. The zero-order valence-corrected chi connectivity index (χ0v) is 16.0. The second-order valence-corrected chi connectivity index (χ2v) is 8.77. The first-order valence-electron chi connectivity index (χ1n) is 9.81. The van der Waals surface area contributed by atoms with Gasteiger partial charge in [0.2, 0.25) is 5.91 Å². The van der Waals surface area contributed by atoms with Crippen molar-refractivity contribution in [1.29, 1.82) is 0 Å². The Balaban J connectivity index is 1.44. The van der Waals surface area contributed by atoms with Crippen LogP contribution < -0.4 is 0 Å². The third kappa shape index (κ3) is 3.71. The largest absolute Gasteiger partial charge is 0.489 e. The number of allylic oxidation sites excluding steroid dienone is 2. The highest BCUT2D eigenvalue weighted by atomic mass is 16.5. The maximum absolute atomic E-state index is 13.3. The third-order valence-electron chi connectivity index (χ3n) is 5.39. The standard InChI is InChI=1S/C21H29N3O2/c1-21(2,3)26-18-9-4-14(5-10-18)20(25)24(16-6-7-16)17-8-11-19-15(12-17)13-22-23-19/h4,9-10,13-14,16-17H,5-8,11-12H2,1-3H3,(H,22,23). The summed E-state index contributed by atoms with van der Waals surface area (Å²) >= 11 is 0. The second kappa shape index (κ2) is 6.60. The molecular weight excluding hydrogens is 326 g/mol. The highest BCUT2D eigenvalue weighted by Gasteiger charge is 2.40. The Morgan fingerprint density at radius 2 is 2.08 bits per heavy atom. The molecule has 1 N–H and O–H groups in total. The van der Waals surface area contributed by atoms with Crippen LogP contribution in [0.25, 0.3) is 0 Å². The number of carbonyl (C=O) groups is 1. The van der Waals surface area contributed by atoms with E-state index >= 15 is 0 Å². The summed E-state index contributed by atoms with van der Waals surface area (Å²) in [4.78, 5) is 15.5. The summed E-state index contributed by atoms with van der Waals surface area (Å²) in [6, 6.07) is 0.746. The molecule has 140 valence electrons. The van der Waals surface area contributed by atoms with Gasteiger partial charge in [-0.15, -0.1) is 0 Å². The van der Waals surface area contributed by atoms with E-state index in [1.54, 1.807) is 0 Å². The summed E-state index contributed by atoms with van der Waals surface area (Å²) in [6.45, 7) is 6.13. The van der Waals surface area contributed by atoms with Crippen LogP contribution in [0, 0.1) is 5.92 Å². The molecule has 1 aromatic rings. The minimum absolute atomic E-state index is 0.0614. The number of amides is 1. The van der Waals surface area contributed by atoms with Crippen molar-refractivity contribution < 1.29 is 9.53 Å². The highest BCUT2D eigenvalue weighted by molar-refractivity contribution is 5.82. The number of aryl methyl sites for hydroxylation is 1. The first-order valence-corrected chi connectivity index (χ1v) is 9.81. The lowest BCUT2D eigenvalue weighted by Crippen LogP contribution is -2.47. The Hall–Kier alpha value is -2.04. The topological polar surface area (TPSA) is 58.2 Å². The second-order valence-electron chi connectivity index (χ2n) is 8.77. The first-order chi connectivity index (χ1) is 12.4. The predicted molar refractivity (Wildman–Crippen MR) is 100 cm³/mol. The van der Waals surface area contributed by atoms with Gasteiger partial charge in [0.1, 0.15) is 11.4 Å². The molecular formula is C21H29N3O2. The van der Waals surface area contributed by atoms with Crippen LogP contribution in [0.1, 0.15) is 57.7 Å². The summed E-state index contributed by atoms with van der Waals surface area (Å²) in [5, 5.41) is 7.26. The molecule has 2 atom stereocenters. The van der Waals surface area contributed by atoms with E-state index in [1.165, 1.54) is 11.3 Å². The number of aromatic amines is 1. The SMILES string of the molecule is CC(C)(C)OC1=CCC(C(=O)N(C2CC2)C2CCc3[nH]ncc3C2)C=C1. The van der Waals surface area contributed by atoms with Gasteiger partial charge < -0.3 is 9.64 Å². The summed E-state index contributed by atoms with van der Waals surface area (Å²) < 4.78 is 5.91. The van der Waals surface area contributed by atoms with Crippen LogP contribution in [-0.4, -0.2) is 38.7 Å². The Morgan fingerprint density at radius 1 is 1.27 bits per heavy atom. The van der Waals surface area contributed by atoms with E-state index in [2.05, 4.69) is 21.2 Å². The van der Waals surface area contributed by atoms with Crippen molar-refractivity contribution in [1.82, 2.24) is 15.1 Å². The van der Waals surface area contributed by atoms with Crippen molar-refractivity contribution in [2.24, 2.45) is 5.92 Å². The zero-order chi connectivity index (χ0) is 18.3. The molecule has 5 heteroatoms. The summed E-state index contributed by atoms with van der Waals surface area (Å²) in [5.74, 6) is 1.10. The molecule has 0 spiro atoms. The van der Waals surface area contributed by atoms with Gasteiger partial charge >= 0.3 is 0 Å². The molecule has 5 nitrogen and oxygen atoms in total. The fraction of sp³-hybridized carbons (Fsp3) is 0.619. The average molecular weight is 355 g/mol. The first kappa shape index (κ1) is 17.4. The number of carbonyl (C=O) groups excluding carboxylic acids is 1. The van der Waals surface area contributed by atoms with Crippen molar-refractivity contribution in [2.75, 3.05) is 0 Å². The van der Waals surface area contributed by atoms with E-state index in [4.69, 9.17) is 4.74 Å². The number of ether oxygens (including phenoxy) is 1. The molecule has 0 aromatic carbocycles. The number of nitrogens with zero attached hydrogens (tertiary/aromatic N) is 2. The van der Waals surface area contributed by atoms with Crippen LogP contribution in [0.15, 0.2) is 30.2 Å². The van der Waals surface area contributed by atoms with Crippen LogP contribution in [0.4, 0.5) is 0 Å². The molecule has 1 fully saturated rings. The van der Waals surface area contributed by atoms with Gasteiger partial charge in [0.15, 0.2) is 0 Å². The Kier molecular flexibility index (Phi) is 4.41. The minimum atomic E-state index is -0.211. The Labute approximate surface area is 155 Å². The third-order valence-corrected chi connectivity index (χ3v) is 5.39. The van der Waals surface area contributed by atoms with E-state index in [0.717, 1.165) is 44.3 Å². The van der Waals surface area contributed by atoms with Gasteiger partial charge in [-0.25, -0.2) is 0 Å². The number of hydrogen-bond donors (Lipinski definition) is 1. The molecule has 0 bridgehead atoms. The monoisotopic (exact) mass is 355 g/mol. The molecule has 0 aliphatic heterocycles. The van der Waals surface area contributed by atoms with Crippen LogP contribution in [0.5, 0.6) is 0 Å². The Bertz CT molecular complexity index is 737. The molecule has 3 aliphatic rings. The summed E-state index contributed by atoms with van der Waals surface area (Å²) in [5.41, 5.74) is 2.31. The van der Waals surface area contributed by atoms with Crippen molar-refractivity contribution in [2.45, 2.75) is 77.0 Å². The van der Waals surface area contributed by atoms with Crippen molar-refractivity contribution in [3.8, 4) is 0 Å². The lowest BCUT2D eigenvalue weighted by molar-refractivity contribution is -0.137. The van der Waals surface area contributed by atoms with E-state index in [0.29, 0.717) is 12.1 Å². The summed E-state index contributed by atoms with van der Waals surface area (Å²) in [7, 11) is 0. The summed E-state index contributed by atoms with van der Waals surface area (Å²) in [6.07, 6.45) is 14.0. The van der Waals surface area contributed by atoms with E-state index < -0.39 is 0 Å². The number of hydrogen-bond acceptors (Lipinski definition) is 3. The van der Waals surface area contributed by atoms with Gasteiger partial charge in [-0.1, -0.05) is 6.08 Å². The highest BCUT2D eigenvalue weighted by Crippen LogP contribution is 2.35. The minimum Gasteiger partial charge on any atom is -0.489 e. The molecule has 2 unspecified atom stereocenters. The van der Waals surface area contributed by atoms with Gasteiger partial charge in [-0.2, -0.15) is 5.10 Å². The normalized spacial score (nSPS) is 25.4. The fourth-order valence-electron chi connectivity index (χ4n) is 4.05. The van der Waals surface area contributed by atoms with Crippen LogP contribution >= 0.6 is 0 Å². The lowest BCUT2D eigenvalue weighted by atomic mass is 9.90. The number of H-pyrrole nitrogens is 1. The molecule has 4 rings (SSSR count). The van der Waals surface area contributed by atoms with Crippen LogP contribution in [0.3, 0.4) is 0 Å². The van der Waals surface area contributed by atoms with Gasteiger partial charge in [0.05, 0.1) is 12.1 Å². The zero-order valence-electron chi connectivity index (χ0n) is 16.0. The van der Waals surface area contributed by atoms with Crippen LogP contribution in [-0.2, 0) is 22.4 Å². The molecule has 0 saturated heterocycles. The molecule has 1 aromatic heterocycles. The fourth-order valence-corrected chi connectivity index (χ4v) is 4.05. The Morgan fingerprint density at radius 3 is 2.73 bits per heavy atom. The van der Waals surface area contributed by atoms with Crippen molar-refractivity contribution in [3.63, 3.8) is 0 Å². The van der Waals surface area contributed by atoms with Gasteiger partial charge in [0, 0.05) is 17.8 Å². The van der Waals surface area contributed by atoms with Crippen LogP contribution in [0.2, 0.25) is 0 Å². The van der Waals surface area contributed by atoms with Gasteiger partial charge in [-0.05, 0) is 77.0 Å². The van der Waals surface area contributed by atoms with Crippen molar-refractivity contribution in [3.05, 3.63) is 41.4 Å². The van der Waals surface area contributed by atoms with E-state index in [9.17, 15) is 4.79 Å². The number of nitrogens with one attached hydrogen (secondary N) is 1. The molecule has 1 saturated carbocycles.